The molecule has 7 aromatic carbocycles. The Morgan fingerprint density at radius 3 is 1.77 bits per heavy atom. The number of rotatable bonds is 17. The molecule has 0 aliphatic carbocycles. The van der Waals surface area contributed by atoms with Crippen LogP contribution in [0.5, 0.6) is 0 Å². The molecule has 0 fully saturated rings. The highest BCUT2D eigenvalue weighted by Crippen LogP contribution is 2.36. The third kappa shape index (κ3) is 11.9. The first-order valence-electron chi connectivity index (χ1n) is 22.0. The highest BCUT2D eigenvalue weighted by molar-refractivity contribution is 5.95. The van der Waals surface area contributed by atoms with Gasteiger partial charge in [-0.1, -0.05) is 222 Å². The number of fused-ring (bicyclic) bond motifs is 1. The van der Waals surface area contributed by atoms with Crippen LogP contribution in [0.25, 0.3) is 40.8 Å². The average molecular weight is 831 g/mol. The number of anilines is 4. The average Bonchev–Trinajstić information content (AvgIpc) is 3.35. The first-order chi connectivity index (χ1) is 31.6. The van der Waals surface area contributed by atoms with Crippen molar-refractivity contribution >= 4 is 63.5 Å². The van der Waals surface area contributed by atoms with Crippen LogP contribution in [-0.4, -0.2) is 0 Å². The van der Waals surface area contributed by atoms with Crippen LogP contribution in [0.4, 0.5) is 22.7 Å². The molecule has 0 N–H and O–H groups in total. The van der Waals surface area contributed by atoms with Crippen molar-refractivity contribution in [3.05, 3.63) is 283 Å². The number of para-hydroxylation sites is 1. The topological polar surface area (TPSA) is 6.48 Å². The van der Waals surface area contributed by atoms with Gasteiger partial charge in [0.05, 0.1) is 5.70 Å². The zero-order valence-corrected chi connectivity index (χ0v) is 37.4. The van der Waals surface area contributed by atoms with E-state index < -0.39 is 0 Å². The summed E-state index contributed by atoms with van der Waals surface area (Å²) in [5, 5.41) is 2.50. The van der Waals surface area contributed by atoms with Crippen molar-refractivity contribution in [2.24, 2.45) is 0 Å². The summed E-state index contributed by atoms with van der Waals surface area (Å²) in [6, 6.07) is 60.2. The molecule has 0 atom stereocenters. The van der Waals surface area contributed by atoms with Gasteiger partial charge in [0.2, 0.25) is 0 Å². The van der Waals surface area contributed by atoms with Gasteiger partial charge >= 0.3 is 0 Å². The predicted octanol–water partition coefficient (Wildman–Crippen LogP) is 17.6. The molecule has 0 bridgehead atoms. The predicted molar refractivity (Wildman–Crippen MR) is 284 cm³/mol. The van der Waals surface area contributed by atoms with E-state index in [0.717, 1.165) is 62.8 Å². The van der Waals surface area contributed by atoms with Gasteiger partial charge in [-0.25, -0.2) is 0 Å². The lowest BCUT2D eigenvalue weighted by atomic mass is 9.97. The fourth-order valence-electron chi connectivity index (χ4n) is 7.56. The van der Waals surface area contributed by atoms with Gasteiger partial charge in [0.15, 0.2) is 0 Å². The first-order valence-corrected chi connectivity index (χ1v) is 22.0. The third-order valence-electron chi connectivity index (χ3n) is 10.5. The van der Waals surface area contributed by atoms with Gasteiger partial charge in [-0.3, -0.25) is 0 Å². The van der Waals surface area contributed by atoms with Gasteiger partial charge in [0.1, 0.15) is 0 Å². The fourth-order valence-corrected chi connectivity index (χ4v) is 7.56. The van der Waals surface area contributed by atoms with Crippen LogP contribution in [0.1, 0.15) is 54.2 Å². The molecule has 7 rings (SSSR count). The number of hydrogen-bond donors (Lipinski definition) is 0. The molecule has 0 heterocycles. The van der Waals surface area contributed by atoms with Crippen molar-refractivity contribution < 1.29 is 0 Å². The molecule has 316 valence electrons. The Balaban J connectivity index is 0.00000335. The standard InChI is InChI=1S/C60H52N2.C2H6/c1-5-8-12-22-47(4)61(60(21-7-3)53-26-13-10-14-27-53)55-42-35-48(36-43-55)24-19-28-51-40-41-52(59-33-18-17-32-58(51)59)39-34-49-37-44-56(45-38-49)62(54-29-15-11-16-30-54)57-31-20-25-50(46-57)23-9-6-2;1-2/h5-27,29-46H,1-3,28H2,4H3;1-2H3/b12-8-,23-9-,24-19+,39-34+,47-22+,60-21+;. The van der Waals surface area contributed by atoms with E-state index in [4.69, 9.17) is 0 Å². The van der Waals surface area contributed by atoms with Gasteiger partial charge in [0, 0.05) is 28.4 Å². The maximum atomic E-state index is 4.02. The molecule has 0 aliphatic heterocycles. The highest BCUT2D eigenvalue weighted by Gasteiger charge is 2.16. The van der Waals surface area contributed by atoms with E-state index in [9.17, 15) is 0 Å². The van der Waals surface area contributed by atoms with E-state index in [0.29, 0.717) is 0 Å². The summed E-state index contributed by atoms with van der Waals surface area (Å²) in [6.45, 7) is 17.8. The molecular weight excluding hydrogens is 773 g/mol. The minimum absolute atomic E-state index is 0.822. The summed E-state index contributed by atoms with van der Waals surface area (Å²) in [7, 11) is 0. The molecular formula is C62H58N2. The molecule has 0 saturated carbocycles. The second-order valence-corrected chi connectivity index (χ2v) is 14.8. The van der Waals surface area contributed by atoms with Gasteiger partial charge in [-0.05, 0) is 118 Å². The Morgan fingerprint density at radius 1 is 0.469 bits per heavy atom. The van der Waals surface area contributed by atoms with Crippen LogP contribution < -0.4 is 9.80 Å². The number of nitrogens with zero attached hydrogens (tertiary/aromatic N) is 2. The monoisotopic (exact) mass is 830 g/mol. The Hall–Kier alpha value is -7.94. The number of allylic oxidation sites excluding steroid dienone is 10. The van der Waals surface area contributed by atoms with Crippen LogP contribution in [0.15, 0.2) is 250 Å². The zero-order chi connectivity index (χ0) is 44.9. The third-order valence-corrected chi connectivity index (χ3v) is 10.5. The van der Waals surface area contributed by atoms with E-state index in [-0.39, 0.29) is 0 Å². The van der Waals surface area contributed by atoms with Crippen molar-refractivity contribution in [1.82, 2.24) is 0 Å². The van der Waals surface area contributed by atoms with Crippen molar-refractivity contribution in [3.8, 4) is 0 Å². The minimum Gasteiger partial charge on any atom is -0.314 e. The number of hydrogen-bond acceptors (Lipinski definition) is 2. The second kappa shape index (κ2) is 23.9. The largest absolute Gasteiger partial charge is 0.314 e. The summed E-state index contributed by atoms with van der Waals surface area (Å²) in [5.74, 6) is 0. The molecule has 64 heavy (non-hydrogen) atoms. The molecule has 7 aromatic rings. The Labute approximate surface area is 382 Å². The maximum Gasteiger partial charge on any atom is 0.0530 e. The molecule has 2 heteroatoms. The molecule has 0 unspecified atom stereocenters. The zero-order valence-electron chi connectivity index (χ0n) is 37.4. The maximum absolute atomic E-state index is 4.02. The molecule has 0 saturated heterocycles. The van der Waals surface area contributed by atoms with E-state index in [1.54, 1.807) is 12.2 Å². The van der Waals surface area contributed by atoms with Gasteiger partial charge in [-0.15, -0.1) is 0 Å². The van der Waals surface area contributed by atoms with Crippen LogP contribution in [-0.2, 0) is 6.42 Å². The quantitative estimate of drug-likeness (QED) is 0.0666. The SMILES string of the molecule is C=C/C=C\C=C(/C)N(/C(=C/C=C)c1ccccc1)c1ccc(/C=C/Cc2ccc(/C=C/c3ccc(N(c4ccccc4)c4cccc(/C=C\C=C)c4)cc3)c3ccccc23)cc1.CC. The molecule has 0 aliphatic rings. The van der Waals surface area contributed by atoms with Gasteiger partial charge in [-0.2, -0.15) is 0 Å². The lowest BCUT2D eigenvalue weighted by Gasteiger charge is -2.29. The van der Waals surface area contributed by atoms with E-state index in [1.165, 1.54) is 21.9 Å². The van der Waals surface area contributed by atoms with E-state index >= 15 is 0 Å². The lowest BCUT2D eigenvalue weighted by molar-refractivity contribution is 1.16. The first kappa shape index (κ1) is 45.6. The lowest BCUT2D eigenvalue weighted by Crippen LogP contribution is -2.19. The van der Waals surface area contributed by atoms with Crippen LogP contribution in [0.3, 0.4) is 0 Å². The summed E-state index contributed by atoms with van der Waals surface area (Å²) < 4.78 is 0. The molecule has 0 radical (unpaired) electrons. The van der Waals surface area contributed by atoms with Gasteiger partial charge in [0.25, 0.3) is 0 Å². The molecule has 0 aromatic heterocycles. The van der Waals surface area contributed by atoms with Crippen LogP contribution in [0.2, 0.25) is 0 Å². The van der Waals surface area contributed by atoms with Crippen molar-refractivity contribution in [3.63, 3.8) is 0 Å². The van der Waals surface area contributed by atoms with E-state index in [1.807, 2.05) is 44.2 Å². The Morgan fingerprint density at radius 2 is 1.08 bits per heavy atom. The Kier molecular flexibility index (Phi) is 17.0. The molecule has 2 nitrogen and oxygen atoms in total. The summed E-state index contributed by atoms with van der Waals surface area (Å²) in [6.07, 6.45) is 27.3. The second-order valence-electron chi connectivity index (χ2n) is 14.8. The summed E-state index contributed by atoms with van der Waals surface area (Å²) >= 11 is 0. The summed E-state index contributed by atoms with van der Waals surface area (Å²) in [4.78, 5) is 4.55. The summed E-state index contributed by atoms with van der Waals surface area (Å²) in [5.41, 5.74) is 13.5. The van der Waals surface area contributed by atoms with Crippen molar-refractivity contribution in [2.45, 2.75) is 27.2 Å². The smallest absolute Gasteiger partial charge is 0.0530 e. The molecule has 0 amide bonds. The fraction of sp³-hybridized carbons (Fsp3) is 0.0645. The minimum atomic E-state index is 0.822. The van der Waals surface area contributed by atoms with Crippen molar-refractivity contribution in [2.75, 3.05) is 9.80 Å². The van der Waals surface area contributed by atoms with E-state index in [2.05, 4.69) is 243 Å². The van der Waals surface area contributed by atoms with Gasteiger partial charge < -0.3 is 9.80 Å². The van der Waals surface area contributed by atoms with Crippen LogP contribution >= 0.6 is 0 Å². The number of benzene rings is 7. The Bertz CT molecular complexity index is 2800. The van der Waals surface area contributed by atoms with Crippen molar-refractivity contribution in [1.29, 1.82) is 0 Å². The molecule has 0 spiro atoms. The highest BCUT2D eigenvalue weighted by atomic mass is 15.2. The van der Waals surface area contributed by atoms with Crippen LogP contribution in [0, 0.1) is 0 Å². The normalized spacial score (nSPS) is 11.9.